The highest BCUT2D eigenvalue weighted by molar-refractivity contribution is 5.82. The van der Waals surface area contributed by atoms with Gasteiger partial charge in [-0.2, -0.15) is 13.2 Å². The molecular weight excluding hydrogens is 335 g/mol. The van der Waals surface area contributed by atoms with Gasteiger partial charge in [0.05, 0.1) is 11.3 Å². The molecule has 0 radical (unpaired) electrons. The van der Waals surface area contributed by atoms with Gasteiger partial charge < -0.3 is 4.90 Å². The number of hydrogen-bond donors (Lipinski definition) is 2. The second-order valence-electron chi connectivity index (χ2n) is 6.57. The molecule has 1 aromatic rings. The Kier molecular flexibility index (Phi) is 4.87. The van der Waals surface area contributed by atoms with Gasteiger partial charge in [0.25, 0.3) is 0 Å². The van der Waals surface area contributed by atoms with E-state index in [0.29, 0.717) is 25.9 Å². The van der Waals surface area contributed by atoms with E-state index in [1.165, 1.54) is 12.1 Å². The highest BCUT2D eigenvalue weighted by Gasteiger charge is 2.36. The number of benzene rings is 1. The van der Waals surface area contributed by atoms with Crippen LogP contribution in [0.2, 0.25) is 0 Å². The maximum Gasteiger partial charge on any atom is 0.416 e. The van der Waals surface area contributed by atoms with E-state index in [-0.39, 0.29) is 29.3 Å². The zero-order chi connectivity index (χ0) is 18.0. The monoisotopic (exact) mass is 355 g/mol. The van der Waals surface area contributed by atoms with Gasteiger partial charge in [0.2, 0.25) is 11.8 Å². The molecule has 0 unspecified atom stereocenters. The number of carbonyl (C=O) groups excluding carboxylic acids is 2. The van der Waals surface area contributed by atoms with E-state index in [4.69, 9.17) is 0 Å². The van der Waals surface area contributed by atoms with Crippen molar-refractivity contribution in [1.29, 1.82) is 0 Å². The SMILES string of the molecule is O=C(NNc1cccc(C(F)(F)F)c1)C1CCN(C(=O)C2CC2)CC1. The van der Waals surface area contributed by atoms with Crippen molar-refractivity contribution in [3.63, 3.8) is 0 Å². The summed E-state index contributed by atoms with van der Waals surface area (Å²) in [6, 6.07) is 4.64. The van der Waals surface area contributed by atoms with Crippen LogP contribution in [0.3, 0.4) is 0 Å². The van der Waals surface area contributed by atoms with Crippen molar-refractivity contribution in [3.8, 4) is 0 Å². The van der Waals surface area contributed by atoms with Gasteiger partial charge in [0.1, 0.15) is 0 Å². The van der Waals surface area contributed by atoms with Crippen LogP contribution in [0.4, 0.5) is 18.9 Å². The van der Waals surface area contributed by atoms with Gasteiger partial charge >= 0.3 is 6.18 Å². The topological polar surface area (TPSA) is 61.4 Å². The molecule has 0 bridgehead atoms. The largest absolute Gasteiger partial charge is 0.416 e. The molecule has 8 heteroatoms. The standard InChI is InChI=1S/C17H20F3N3O2/c18-17(19,20)13-2-1-3-14(10-13)21-22-15(24)11-6-8-23(9-7-11)16(25)12-4-5-12/h1-3,10-12,21H,4-9H2,(H,22,24). The molecule has 0 atom stereocenters. The lowest BCUT2D eigenvalue weighted by Crippen LogP contribution is -2.44. The number of rotatable bonds is 4. The Morgan fingerprint density at radius 3 is 2.32 bits per heavy atom. The summed E-state index contributed by atoms with van der Waals surface area (Å²) >= 11 is 0. The predicted octanol–water partition coefficient (Wildman–Crippen LogP) is 2.80. The zero-order valence-electron chi connectivity index (χ0n) is 13.6. The van der Waals surface area contributed by atoms with Crippen molar-refractivity contribution < 1.29 is 22.8 Å². The molecule has 1 aliphatic carbocycles. The normalized spacial score (nSPS) is 18.8. The average molecular weight is 355 g/mol. The maximum absolute atomic E-state index is 12.7. The Morgan fingerprint density at radius 1 is 1.04 bits per heavy atom. The minimum absolute atomic E-state index is 0.171. The molecule has 0 aromatic heterocycles. The van der Waals surface area contributed by atoms with Gasteiger partial charge in [0, 0.05) is 24.9 Å². The number of anilines is 1. The van der Waals surface area contributed by atoms with Gasteiger partial charge in [-0.3, -0.25) is 20.4 Å². The summed E-state index contributed by atoms with van der Waals surface area (Å²) in [6.07, 6.45) is -1.38. The van der Waals surface area contributed by atoms with Gasteiger partial charge in [-0.1, -0.05) is 6.07 Å². The summed E-state index contributed by atoms with van der Waals surface area (Å²) in [5, 5.41) is 0. The molecule has 2 N–H and O–H groups in total. The van der Waals surface area contributed by atoms with Crippen molar-refractivity contribution in [2.45, 2.75) is 31.9 Å². The number of piperidine rings is 1. The number of alkyl halides is 3. The highest BCUT2D eigenvalue weighted by Crippen LogP contribution is 2.32. The first-order chi connectivity index (χ1) is 11.8. The highest BCUT2D eigenvalue weighted by atomic mass is 19.4. The van der Waals surface area contributed by atoms with Crippen molar-refractivity contribution in [2.24, 2.45) is 11.8 Å². The van der Waals surface area contributed by atoms with Crippen LogP contribution in [0.1, 0.15) is 31.2 Å². The molecule has 25 heavy (non-hydrogen) atoms. The number of amides is 2. The number of hydrogen-bond acceptors (Lipinski definition) is 3. The Hall–Kier alpha value is -2.25. The molecule has 1 aliphatic heterocycles. The Morgan fingerprint density at radius 2 is 1.72 bits per heavy atom. The average Bonchev–Trinajstić information content (AvgIpc) is 3.44. The molecule has 2 aliphatic rings. The summed E-state index contributed by atoms with van der Waals surface area (Å²) in [6.45, 7) is 1.11. The van der Waals surface area contributed by atoms with Crippen LogP contribution in [-0.2, 0) is 15.8 Å². The van der Waals surface area contributed by atoms with Crippen molar-refractivity contribution in [1.82, 2.24) is 10.3 Å². The minimum Gasteiger partial charge on any atom is -0.342 e. The van der Waals surface area contributed by atoms with Gasteiger partial charge in [0.15, 0.2) is 0 Å². The van der Waals surface area contributed by atoms with E-state index < -0.39 is 11.7 Å². The molecule has 1 saturated heterocycles. The van der Waals surface area contributed by atoms with Crippen molar-refractivity contribution in [3.05, 3.63) is 29.8 Å². The smallest absolute Gasteiger partial charge is 0.342 e. The lowest BCUT2D eigenvalue weighted by atomic mass is 9.96. The first-order valence-electron chi connectivity index (χ1n) is 8.36. The molecule has 2 fully saturated rings. The molecule has 3 rings (SSSR count). The van der Waals surface area contributed by atoms with Gasteiger partial charge in [-0.05, 0) is 43.9 Å². The number of hydrazine groups is 1. The second-order valence-corrected chi connectivity index (χ2v) is 6.57. The number of carbonyl (C=O) groups is 2. The summed E-state index contributed by atoms with van der Waals surface area (Å²) in [4.78, 5) is 26.0. The van der Waals surface area contributed by atoms with Crippen LogP contribution >= 0.6 is 0 Å². The van der Waals surface area contributed by atoms with Crippen LogP contribution in [0.25, 0.3) is 0 Å². The van der Waals surface area contributed by atoms with Crippen LogP contribution < -0.4 is 10.9 Å². The van der Waals surface area contributed by atoms with E-state index in [0.717, 1.165) is 25.0 Å². The molecule has 5 nitrogen and oxygen atoms in total. The third-order valence-electron chi connectivity index (χ3n) is 4.62. The van der Waals surface area contributed by atoms with Gasteiger partial charge in [-0.25, -0.2) is 0 Å². The third-order valence-corrected chi connectivity index (χ3v) is 4.62. The molecule has 2 amide bonds. The van der Waals surface area contributed by atoms with Crippen molar-refractivity contribution in [2.75, 3.05) is 18.5 Å². The Labute approximate surface area is 143 Å². The number of nitrogens with one attached hydrogen (secondary N) is 2. The predicted molar refractivity (Wildman–Crippen MR) is 85.2 cm³/mol. The van der Waals surface area contributed by atoms with E-state index in [9.17, 15) is 22.8 Å². The fraction of sp³-hybridized carbons (Fsp3) is 0.529. The third kappa shape index (κ3) is 4.43. The molecule has 0 spiro atoms. The quantitative estimate of drug-likeness (QED) is 0.817. The maximum atomic E-state index is 12.7. The fourth-order valence-corrected chi connectivity index (χ4v) is 2.96. The number of nitrogens with zero attached hydrogens (tertiary/aromatic N) is 1. The van der Waals surface area contributed by atoms with E-state index in [1.807, 2.05) is 4.90 Å². The zero-order valence-corrected chi connectivity index (χ0v) is 13.6. The molecular formula is C17H20F3N3O2. The number of halogens is 3. The summed E-state index contributed by atoms with van der Waals surface area (Å²) < 4.78 is 38.0. The lowest BCUT2D eigenvalue weighted by Gasteiger charge is -2.31. The Bertz CT molecular complexity index is 651. The van der Waals surface area contributed by atoms with Crippen molar-refractivity contribution >= 4 is 17.5 Å². The van der Waals surface area contributed by atoms with E-state index >= 15 is 0 Å². The molecule has 1 heterocycles. The van der Waals surface area contributed by atoms with Crippen LogP contribution in [-0.4, -0.2) is 29.8 Å². The molecule has 136 valence electrons. The van der Waals surface area contributed by atoms with Crippen LogP contribution in [0.5, 0.6) is 0 Å². The van der Waals surface area contributed by atoms with Gasteiger partial charge in [-0.15, -0.1) is 0 Å². The number of likely N-dealkylation sites (tertiary alicyclic amines) is 1. The second kappa shape index (κ2) is 6.93. The van der Waals surface area contributed by atoms with Crippen LogP contribution in [0, 0.1) is 11.8 Å². The minimum atomic E-state index is -4.43. The molecule has 1 saturated carbocycles. The lowest BCUT2D eigenvalue weighted by molar-refractivity contribution is -0.137. The van der Waals surface area contributed by atoms with E-state index in [2.05, 4.69) is 10.9 Å². The van der Waals surface area contributed by atoms with E-state index in [1.54, 1.807) is 0 Å². The fourth-order valence-electron chi connectivity index (χ4n) is 2.96. The summed E-state index contributed by atoms with van der Waals surface area (Å²) in [5.74, 6) is -0.161. The summed E-state index contributed by atoms with van der Waals surface area (Å²) in [7, 11) is 0. The van der Waals surface area contributed by atoms with Crippen LogP contribution in [0.15, 0.2) is 24.3 Å². The Balaban J connectivity index is 1.48. The first kappa shape index (κ1) is 17.6. The summed E-state index contributed by atoms with van der Waals surface area (Å²) in [5.41, 5.74) is 4.39. The first-order valence-corrected chi connectivity index (χ1v) is 8.36. The molecule has 1 aromatic carbocycles.